The first kappa shape index (κ1) is 11.7. The number of amidine groups is 1. The molecule has 3 heteroatoms. The van der Waals surface area contributed by atoms with Crippen LogP contribution < -0.4 is 4.90 Å². The number of nitrogens with one attached hydrogen (secondary N) is 1. The fourth-order valence-electron chi connectivity index (χ4n) is 1.63. The van der Waals surface area contributed by atoms with E-state index in [9.17, 15) is 0 Å². The van der Waals surface area contributed by atoms with Crippen LogP contribution in [0.5, 0.6) is 0 Å². The van der Waals surface area contributed by atoms with Gasteiger partial charge in [0.15, 0.2) is 5.17 Å². The summed E-state index contributed by atoms with van der Waals surface area (Å²) in [7, 11) is 0. The van der Waals surface area contributed by atoms with Gasteiger partial charge >= 0.3 is 0 Å². The van der Waals surface area contributed by atoms with Crippen molar-refractivity contribution in [3.63, 3.8) is 0 Å². The van der Waals surface area contributed by atoms with Gasteiger partial charge in [0.1, 0.15) is 0 Å². The van der Waals surface area contributed by atoms with E-state index in [1.165, 1.54) is 11.8 Å². The van der Waals surface area contributed by atoms with E-state index in [0.29, 0.717) is 5.17 Å². The predicted octanol–water partition coefficient (Wildman–Crippen LogP) is 4.12. The lowest BCUT2D eigenvalue weighted by molar-refractivity contribution is 1.33. The zero-order valence-corrected chi connectivity index (χ0v) is 10.4. The van der Waals surface area contributed by atoms with Crippen molar-refractivity contribution in [1.82, 2.24) is 0 Å². The molecular formula is C14H14N2S. The van der Waals surface area contributed by atoms with E-state index in [0.717, 1.165) is 11.4 Å². The molecule has 0 aliphatic carbocycles. The van der Waals surface area contributed by atoms with Gasteiger partial charge in [-0.05, 0) is 30.5 Å². The number of anilines is 2. The fourth-order valence-corrected chi connectivity index (χ4v) is 2.02. The largest absolute Gasteiger partial charge is 0.290 e. The van der Waals surface area contributed by atoms with Gasteiger partial charge in [-0.1, -0.05) is 48.2 Å². The Balaban J connectivity index is 2.43. The number of hydrogen-bond donors (Lipinski definition) is 1. The van der Waals surface area contributed by atoms with Crippen LogP contribution >= 0.6 is 11.8 Å². The molecule has 0 unspecified atom stereocenters. The second-order valence-corrected chi connectivity index (χ2v) is 4.31. The summed E-state index contributed by atoms with van der Waals surface area (Å²) >= 11 is 1.43. The fraction of sp³-hybridized carbons (Fsp3) is 0.0714. The molecule has 2 nitrogen and oxygen atoms in total. The predicted molar refractivity (Wildman–Crippen MR) is 76.3 cm³/mol. The minimum Gasteiger partial charge on any atom is -0.290 e. The molecule has 0 amide bonds. The molecule has 0 aliphatic heterocycles. The summed E-state index contributed by atoms with van der Waals surface area (Å²) in [4.78, 5) is 1.94. The number of thioether (sulfide) groups is 1. The van der Waals surface area contributed by atoms with Crippen molar-refractivity contribution in [1.29, 1.82) is 5.41 Å². The van der Waals surface area contributed by atoms with E-state index >= 15 is 0 Å². The highest BCUT2D eigenvalue weighted by molar-refractivity contribution is 8.13. The van der Waals surface area contributed by atoms with Crippen LogP contribution in [0.3, 0.4) is 0 Å². The second-order valence-electron chi connectivity index (χ2n) is 3.52. The van der Waals surface area contributed by atoms with Gasteiger partial charge in [-0.2, -0.15) is 0 Å². The van der Waals surface area contributed by atoms with Crippen LogP contribution in [-0.4, -0.2) is 11.4 Å². The maximum atomic E-state index is 8.06. The lowest BCUT2D eigenvalue weighted by Crippen LogP contribution is -2.21. The van der Waals surface area contributed by atoms with Crippen LogP contribution in [0.15, 0.2) is 60.7 Å². The van der Waals surface area contributed by atoms with Gasteiger partial charge in [0, 0.05) is 11.4 Å². The molecule has 0 heterocycles. The maximum Gasteiger partial charge on any atom is 0.165 e. The minimum atomic E-state index is 0.516. The summed E-state index contributed by atoms with van der Waals surface area (Å²) in [5.74, 6) is 0. The van der Waals surface area contributed by atoms with Gasteiger partial charge in [0.25, 0.3) is 0 Å². The molecule has 0 saturated carbocycles. The van der Waals surface area contributed by atoms with E-state index in [-0.39, 0.29) is 0 Å². The van der Waals surface area contributed by atoms with Crippen LogP contribution in [0.2, 0.25) is 0 Å². The van der Waals surface area contributed by atoms with Crippen LogP contribution in [-0.2, 0) is 0 Å². The Labute approximate surface area is 106 Å². The number of rotatable bonds is 2. The standard InChI is InChI=1S/C14H14N2S/c1-17-14(15)16(12-8-4-2-5-9-12)13-10-6-3-7-11-13/h2-11,15H,1H3. The highest BCUT2D eigenvalue weighted by Crippen LogP contribution is 2.27. The van der Waals surface area contributed by atoms with Crippen molar-refractivity contribution < 1.29 is 0 Å². The smallest absolute Gasteiger partial charge is 0.165 e. The first-order chi connectivity index (χ1) is 8.33. The van der Waals surface area contributed by atoms with Crippen molar-refractivity contribution in [3.05, 3.63) is 60.7 Å². The monoisotopic (exact) mass is 242 g/mol. The summed E-state index contributed by atoms with van der Waals surface area (Å²) in [5, 5.41) is 8.57. The Morgan fingerprint density at radius 2 is 1.29 bits per heavy atom. The van der Waals surface area contributed by atoms with Crippen molar-refractivity contribution in [2.75, 3.05) is 11.2 Å². The van der Waals surface area contributed by atoms with Gasteiger partial charge in [-0.15, -0.1) is 0 Å². The van der Waals surface area contributed by atoms with Gasteiger partial charge in [0.2, 0.25) is 0 Å². The Hall–Kier alpha value is -1.74. The average molecular weight is 242 g/mol. The summed E-state index contributed by atoms with van der Waals surface area (Å²) in [6, 6.07) is 19.9. The Bertz CT molecular complexity index is 443. The molecule has 2 aromatic carbocycles. The average Bonchev–Trinajstić information content (AvgIpc) is 2.41. The molecule has 17 heavy (non-hydrogen) atoms. The maximum absolute atomic E-state index is 8.06. The normalized spacial score (nSPS) is 9.94. The van der Waals surface area contributed by atoms with Crippen molar-refractivity contribution in [3.8, 4) is 0 Å². The number of benzene rings is 2. The SMILES string of the molecule is CSC(=N)N(c1ccccc1)c1ccccc1. The third kappa shape index (κ3) is 2.68. The minimum absolute atomic E-state index is 0.516. The topological polar surface area (TPSA) is 27.1 Å². The molecule has 0 fully saturated rings. The molecule has 0 atom stereocenters. The Morgan fingerprint density at radius 3 is 1.65 bits per heavy atom. The molecular weight excluding hydrogens is 228 g/mol. The van der Waals surface area contributed by atoms with Crippen LogP contribution in [0.4, 0.5) is 11.4 Å². The molecule has 0 radical (unpaired) electrons. The number of nitrogens with zero attached hydrogens (tertiary/aromatic N) is 1. The van der Waals surface area contributed by atoms with Gasteiger partial charge in [-0.25, -0.2) is 0 Å². The second kappa shape index (κ2) is 5.55. The zero-order valence-electron chi connectivity index (χ0n) is 9.63. The molecule has 86 valence electrons. The summed E-state index contributed by atoms with van der Waals surface area (Å²) in [5.41, 5.74) is 2.02. The molecule has 1 N–H and O–H groups in total. The first-order valence-electron chi connectivity index (χ1n) is 5.35. The molecule has 0 bridgehead atoms. The van der Waals surface area contributed by atoms with E-state index < -0.39 is 0 Å². The highest BCUT2D eigenvalue weighted by atomic mass is 32.2. The quantitative estimate of drug-likeness (QED) is 0.633. The Kier molecular flexibility index (Phi) is 3.83. The van der Waals surface area contributed by atoms with Crippen LogP contribution in [0, 0.1) is 5.41 Å². The molecule has 0 aliphatic rings. The first-order valence-corrected chi connectivity index (χ1v) is 6.58. The molecule has 2 aromatic rings. The third-order valence-electron chi connectivity index (χ3n) is 2.43. The van der Waals surface area contributed by atoms with E-state index in [1.807, 2.05) is 71.8 Å². The molecule has 0 saturated heterocycles. The van der Waals surface area contributed by atoms with Crippen LogP contribution in [0.1, 0.15) is 0 Å². The Morgan fingerprint density at radius 1 is 0.882 bits per heavy atom. The van der Waals surface area contributed by atoms with E-state index in [4.69, 9.17) is 5.41 Å². The highest BCUT2D eigenvalue weighted by Gasteiger charge is 2.12. The van der Waals surface area contributed by atoms with Crippen molar-refractivity contribution in [2.45, 2.75) is 0 Å². The molecule has 0 aromatic heterocycles. The van der Waals surface area contributed by atoms with Crippen molar-refractivity contribution in [2.24, 2.45) is 0 Å². The summed E-state index contributed by atoms with van der Waals surface area (Å²) in [6.45, 7) is 0. The number of para-hydroxylation sites is 2. The summed E-state index contributed by atoms with van der Waals surface area (Å²) in [6.07, 6.45) is 1.92. The van der Waals surface area contributed by atoms with Gasteiger partial charge in [0.05, 0.1) is 0 Å². The van der Waals surface area contributed by atoms with Crippen LogP contribution in [0.25, 0.3) is 0 Å². The zero-order chi connectivity index (χ0) is 12.1. The lowest BCUT2D eigenvalue weighted by atomic mass is 10.2. The molecule has 0 spiro atoms. The third-order valence-corrected chi connectivity index (χ3v) is 2.99. The van der Waals surface area contributed by atoms with Gasteiger partial charge in [-0.3, -0.25) is 10.3 Å². The van der Waals surface area contributed by atoms with Crippen molar-refractivity contribution >= 4 is 28.3 Å². The van der Waals surface area contributed by atoms with E-state index in [1.54, 1.807) is 0 Å². The molecule has 2 rings (SSSR count). The summed E-state index contributed by atoms with van der Waals surface area (Å²) < 4.78 is 0. The number of hydrogen-bond acceptors (Lipinski definition) is 2. The van der Waals surface area contributed by atoms with Gasteiger partial charge < -0.3 is 0 Å². The lowest BCUT2D eigenvalue weighted by Gasteiger charge is -2.24. The van der Waals surface area contributed by atoms with E-state index in [2.05, 4.69) is 0 Å².